The molecule has 0 N–H and O–H groups in total. The first-order valence-electron chi connectivity index (χ1n) is 16.3. The molecule has 0 atom stereocenters. The highest BCUT2D eigenvalue weighted by Crippen LogP contribution is 2.47. The Balaban J connectivity index is 1.08. The van der Waals surface area contributed by atoms with E-state index in [1.807, 2.05) is 17.3 Å². The van der Waals surface area contributed by atoms with Crippen LogP contribution in [0.3, 0.4) is 0 Å². The molecule has 2 aromatic carbocycles. The number of thiocarbonyl (C=S) groups is 1. The SMILES string of the molecule is CCCCCC1COC(c2ccc(C3CCC(C4CCC(C(F)(F)Oc5cc(F)c(N=C=S)c(F)c5)CC4)CC3)c(F)c2)OC1. The summed E-state index contributed by atoms with van der Waals surface area (Å²) in [6, 6.07) is 6.72. The highest BCUT2D eigenvalue weighted by molar-refractivity contribution is 7.78. The minimum Gasteiger partial charge on any atom is -0.432 e. The van der Waals surface area contributed by atoms with Gasteiger partial charge in [0, 0.05) is 23.6 Å². The molecule has 0 amide bonds. The highest BCUT2D eigenvalue weighted by atomic mass is 32.1. The van der Waals surface area contributed by atoms with Gasteiger partial charge in [0.05, 0.1) is 24.3 Å². The van der Waals surface area contributed by atoms with Crippen LogP contribution in [0.2, 0.25) is 0 Å². The Morgan fingerprint density at radius 1 is 0.867 bits per heavy atom. The van der Waals surface area contributed by atoms with Crippen LogP contribution in [0.5, 0.6) is 5.75 Å². The monoisotopic (exact) mass is 651 g/mol. The average molecular weight is 652 g/mol. The molecule has 2 saturated carbocycles. The lowest BCUT2D eigenvalue weighted by Gasteiger charge is -2.39. The van der Waals surface area contributed by atoms with Gasteiger partial charge in [-0.1, -0.05) is 38.3 Å². The van der Waals surface area contributed by atoms with E-state index in [4.69, 9.17) is 14.2 Å². The van der Waals surface area contributed by atoms with Gasteiger partial charge in [0.1, 0.15) is 17.3 Å². The van der Waals surface area contributed by atoms with Crippen LogP contribution in [0.15, 0.2) is 35.3 Å². The number of halogens is 5. The molecule has 5 rings (SSSR count). The number of isothiocyanates is 1. The van der Waals surface area contributed by atoms with Crippen molar-refractivity contribution in [1.29, 1.82) is 0 Å². The summed E-state index contributed by atoms with van der Waals surface area (Å²) in [5.74, 6) is -2.91. The number of unbranched alkanes of at least 4 members (excludes halogenated alkanes) is 2. The molecule has 0 spiro atoms. The third-order valence-corrected chi connectivity index (χ3v) is 10.1. The summed E-state index contributed by atoms with van der Waals surface area (Å²) in [5, 5.41) is 1.86. The van der Waals surface area contributed by atoms with Gasteiger partial charge in [-0.3, -0.25) is 0 Å². The van der Waals surface area contributed by atoms with E-state index < -0.39 is 41.4 Å². The van der Waals surface area contributed by atoms with Crippen LogP contribution in [0.1, 0.15) is 107 Å². The average Bonchev–Trinajstić information content (AvgIpc) is 3.03. The van der Waals surface area contributed by atoms with Gasteiger partial charge < -0.3 is 14.2 Å². The normalized spacial score (nSPS) is 27.5. The predicted octanol–water partition coefficient (Wildman–Crippen LogP) is 10.8. The molecule has 0 unspecified atom stereocenters. The zero-order valence-corrected chi connectivity index (χ0v) is 26.5. The maximum absolute atomic E-state index is 15.3. The second-order valence-electron chi connectivity index (χ2n) is 13.0. The van der Waals surface area contributed by atoms with Crippen molar-refractivity contribution in [2.24, 2.45) is 28.7 Å². The zero-order chi connectivity index (χ0) is 32.0. The van der Waals surface area contributed by atoms with Gasteiger partial charge in [0.15, 0.2) is 17.9 Å². The molecule has 0 aromatic heterocycles. The van der Waals surface area contributed by atoms with E-state index in [0.29, 0.717) is 61.5 Å². The van der Waals surface area contributed by atoms with Gasteiger partial charge in [-0.25, -0.2) is 13.2 Å². The molecular weight excluding hydrogens is 609 g/mol. The quantitative estimate of drug-likeness (QED) is 0.105. The van der Waals surface area contributed by atoms with Gasteiger partial charge in [-0.05, 0) is 99.4 Å². The Kier molecular flexibility index (Phi) is 11.7. The molecule has 0 bridgehead atoms. The number of rotatable bonds is 11. The van der Waals surface area contributed by atoms with Crippen molar-refractivity contribution in [3.63, 3.8) is 0 Å². The predicted molar refractivity (Wildman–Crippen MR) is 165 cm³/mol. The van der Waals surface area contributed by atoms with Crippen LogP contribution in [0, 0.1) is 41.1 Å². The van der Waals surface area contributed by atoms with Gasteiger partial charge >= 0.3 is 6.11 Å². The largest absolute Gasteiger partial charge is 0.432 e. The molecule has 2 aromatic rings. The summed E-state index contributed by atoms with van der Waals surface area (Å²) in [5.41, 5.74) is 0.744. The molecule has 45 heavy (non-hydrogen) atoms. The Bertz CT molecular complexity index is 1310. The first-order valence-corrected chi connectivity index (χ1v) is 16.8. The molecule has 1 saturated heterocycles. The van der Waals surface area contributed by atoms with Crippen LogP contribution < -0.4 is 4.74 Å². The smallest absolute Gasteiger partial charge is 0.400 e. The fourth-order valence-corrected chi connectivity index (χ4v) is 7.52. The van der Waals surface area contributed by atoms with Crippen molar-refractivity contribution in [3.05, 3.63) is 58.9 Å². The van der Waals surface area contributed by atoms with E-state index >= 15 is 13.2 Å². The first-order chi connectivity index (χ1) is 21.7. The lowest BCUT2D eigenvalue weighted by atomic mass is 9.68. The van der Waals surface area contributed by atoms with Crippen molar-refractivity contribution in [1.82, 2.24) is 0 Å². The highest BCUT2D eigenvalue weighted by Gasteiger charge is 2.45. The van der Waals surface area contributed by atoms with Gasteiger partial charge in [-0.15, -0.1) is 0 Å². The molecule has 1 aliphatic heterocycles. The van der Waals surface area contributed by atoms with Crippen molar-refractivity contribution in [3.8, 4) is 5.75 Å². The molecule has 4 nitrogen and oxygen atoms in total. The van der Waals surface area contributed by atoms with Gasteiger partial charge in [0.25, 0.3) is 0 Å². The van der Waals surface area contributed by atoms with Crippen LogP contribution in [0.4, 0.5) is 27.6 Å². The zero-order valence-electron chi connectivity index (χ0n) is 25.7. The summed E-state index contributed by atoms with van der Waals surface area (Å²) in [7, 11) is 0. The van der Waals surface area contributed by atoms with Crippen LogP contribution in [-0.4, -0.2) is 24.5 Å². The Labute approximate surface area is 267 Å². The number of nitrogens with zero attached hydrogens (tertiary/aromatic N) is 1. The molecule has 3 aliphatic rings. The third-order valence-electron chi connectivity index (χ3n) is 10.0. The molecule has 1 heterocycles. The molecule has 2 aliphatic carbocycles. The number of hydrogen-bond donors (Lipinski definition) is 0. The first kappa shape index (κ1) is 34.0. The fourth-order valence-electron chi connectivity index (χ4n) is 7.43. The fraction of sp³-hybridized carbons (Fsp3) is 0.629. The standard InChI is InChI=1S/C35H42F5NO3S/c1-2-3-4-5-22-19-42-34(43-20-22)26-12-15-29(30(36)16-26)25-8-6-23(7-9-25)24-10-13-27(14-11-24)35(39,40)44-28-17-31(37)33(41-21-45)32(38)18-28/h12,15-18,22-25,27,34H,2-11,13-14,19-20H2,1H3. The maximum atomic E-state index is 15.3. The minimum atomic E-state index is -3.57. The number of aliphatic imine (C=N–C) groups is 1. The second kappa shape index (κ2) is 15.5. The van der Waals surface area contributed by atoms with E-state index in [1.54, 1.807) is 6.07 Å². The number of alkyl halides is 2. The van der Waals surface area contributed by atoms with E-state index in [2.05, 4.69) is 24.1 Å². The molecule has 0 radical (unpaired) electrons. The Hall–Kier alpha value is -2.39. The Morgan fingerprint density at radius 3 is 2.07 bits per heavy atom. The van der Waals surface area contributed by atoms with Crippen LogP contribution >= 0.6 is 12.2 Å². The lowest BCUT2D eigenvalue weighted by Crippen LogP contribution is -2.38. The van der Waals surface area contributed by atoms with E-state index in [-0.39, 0.29) is 24.6 Å². The molecular formula is C35H42F5NO3S. The number of hydrogen-bond acceptors (Lipinski definition) is 5. The third kappa shape index (κ3) is 8.51. The summed E-state index contributed by atoms with van der Waals surface area (Å²) in [4.78, 5) is 3.29. The van der Waals surface area contributed by atoms with Crippen LogP contribution in [-0.2, 0) is 9.47 Å². The Morgan fingerprint density at radius 2 is 1.49 bits per heavy atom. The van der Waals surface area contributed by atoms with E-state index in [0.717, 1.165) is 37.7 Å². The maximum Gasteiger partial charge on any atom is 0.400 e. The summed E-state index contributed by atoms with van der Waals surface area (Å²) < 4.78 is 90.2. The summed E-state index contributed by atoms with van der Waals surface area (Å²) >= 11 is 4.36. The van der Waals surface area contributed by atoms with Crippen molar-refractivity contribution in [2.75, 3.05) is 13.2 Å². The van der Waals surface area contributed by atoms with E-state index in [1.165, 1.54) is 19.3 Å². The molecule has 3 fully saturated rings. The lowest BCUT2D eigenvalue weighted by molar-refractivity contribution is -0.224. The summed E-state index contributed by atoms with van der Waals surface area (Å²) in [6.07, 6.45) is 5.92. The summed E-state index contributed by atoms with van der Waals surface area (Å²) in [6.45, 7) is 3.45. The molecule has 246 valence electrons. The number of ether oxygens (including phenoxy) is 3. The topological polar surface area (TPSA) is 40.0 Å². The van der Waals surface area contributed by atoms with E-state index in [9.17, 15) is 8.78 Å². The van der Waals surface area contributed by atoms with Gasteiger partial charge in [0.2, 0.25) is 0 Å². The van der Waals surface area contributed by atoms with Crippen LogP contribution in [0.25, 0.3) is 0 Å². The van der Waals surface area contributed by atoms with Gasteiger partial charge in [-0.2, -0.15) is 13.8 Å². The van der Waals surface area contributed by atoms with Crippen molar-refractivity contribution in [2.45, 2.75) is 102 Å². The van der Waals surface area contributed by atoms with Crippen molar-refractivity contribution < 1.29 is 36.2 Å². The van der Waals surface area contributed by atoms with Crippen molar-refractivity contribution >= 4 is 23.1 Å². The molecule has 10 heteroatoms. The minimum absolute atomic E-state index is 0.127. The second-order valence-corrected chi connectivity index (χ2v) is 13.1. The number of benzene rings is 2.